The Balaban J connectivity index is 1.68. The maximum absolute atomic E-state index is 12.5. The van der Waals surface area contributed by atoms with E-state index >= 15 is 0 Å². The molecule has 1 aromatic heterocycles. The number of nitrogens with one attached hydrogen (secondary N) is 1. The average Bonchev–Trinajstić information content (AvgIpc) is 3.15. The standard InChI is InChI=1S/C21H24N4OS/c1-4-15(2)17-10-6-7-11-18(17)23-20(26)13-27-21-24-22-14-25(21)19-12-8-5-9-16(19)3/h5-12,14-15H,4,13H2,1-3H3,(H,23,26)/t15-/m0/s1. The third-order valence-electron chi connectivity index (χ3n) is 4.60. The quantitative estimate of drug-likeness (QED) is 0.597. The van der Waals surface area contributed by atoms with E-state index in [-0.39, 0.29) is 11.7 Å². The second kappa shape index (κ2) is 8.86. The highest BCUT2D eigenvalue weighted by molar-refractivity contribution is 7.99. The van der Waals surface area contributed by atoms with Gasteiger partial charge in [0, 0.05) is 5.69 Å². The molecule has 5 nitrogen and oxygen atoms in total. The van der Waals surface area contributed by atoms with Crippen molar-refractivity contribution in [3.05, 3.63) is 66.0 Å². The molecule has 0 saturated carbocycles. The monoisotopic (exact) mass is 380 g/mol. The number of thioether (sulfide) groups is 1. The minimum atomic E-state index is -0.0462. The first kappa shape index (κ1) is 19.2. The van der Waals surface area contributed by atoms with E-state index in [9.17, 15) is 4.79 Å². The number of nitrogens with zero attached hydrogens (tertiary/aromatic N) is 3. The molecule has 6 heteroatoms. The van der Waals surface area contributed by atoms with Crippen molar-refractivity contribution < 1.29 is 4.79 Å². The Morgan fingerprint density at radius 3 is 2.70 bits per heavy atom. The predicted octanol–water partition coefficient (Wildman–Crippen LogP) is 4.82. The van der Waals surface area contributed by atoms with Crippen LogP contribution in [0.15, 0.2) is 60.0 Å². The number of anilines is 1. The highest BCUT2D eigenvalue weighted by Crippen LogP contribution is 2.27. The predicted molar refractivity (Wildman–Crippen MR) is 111 cm³/mol. The fraction of sp³-hybridized carbons (Fsp3) is 0.286. The summed E-state index contributed by atoms with van der Waals surface area (Å²) in [7, 11) is 0. The summed E-state index contributed by atoms with van der Waals surface area (Å²) in [5.74, 6) is 0.632. The molecule has 0 fully saturated rings. The van der Waals surface area contributed by atoms with Gasteiger partial charge in [-0.3, -0.25) is 9.36 Å². The van der Waals surface area contributed by atoms with E-state index in [1.165, 1.54) is 17.3 Å². The van der Waals surface area contributed by atoms with Gasteiger partial charge in [-0.25, -0.2) is 0 Å². The molecule has 0 aliphatic heterocycles. The van der Waals surface area contributed by atoms with Crippen LogP contribution in [0.4, 0.5) is 5.69 Å². The molecular weight excluding hydrogens is 356 g/mol. The molecule has 3 aromatic rings. The summed E-state index contributed by atoms with van der Waals surface area (Å²) in [6.07, 6.45) is 2.71. The molecule has 0 saturated heterocycles. The third kappa shape index (κ3) is 4.57. The topological polar surface area (TPSA) is 59.8 Å². The lowest BCUT2D eigenvalue weighted by molar-refractivity contribution is -0.113. The number of hydrogen-bond acceptors (Lipinski definition) is 4. The van der Waals surface area contributed by atoms with Crippen molar-refractivity contribution in [2.24, 2.45) is 0 Å². The lowest BCUT2D eigenvalue weighted by Gasteiger charge is -2.15. The van der Waals surface area contributed by atoms with Gasteiger partial charge >= 0.3 is 0 Å². The number of para-hydroxylation sites is 2. The summed E-state index contributed by atoms with van der Waals surface area (Å²) in [5, 5.41) is 11.9. The van der Waals surface area contributed by atoms with E-state index in [4.69, 9.17) is 0 Å². The van der Waals surface area contributed by atoms with Crippen molar-refractivity contribution in [3.8, 4) is 5.69 Å². The van der Waals surface area contributed by atoms with E-state index in [1.807, 2.05) is 54.0 Å². The minimum Gasteiger partial charge on any atom is -0.325 e. The molecule has 1 heterocycles. The molecule has 0 unspecified atom stereocenters. The molecule has 0 bridgehead atoms. The van der Waals surface area contributed by atoms with Crippen molar-refractivity contribution in [1.82, 2.24) is 14.8 Å². The number of carbonyl (C=O) groups is 1. The molecule has 1 amide bonds. The van der Waals surface area contributed by atoms with Crippen LogP contribution in [0, 0.1) is 6.92 Å². The number of aryl methyl sites for hydroxylation is 1. The normalized spacial score (nSPS) is 12.0. The molecule has 140 valence electrons. The van der Waals surface area contributed by atoms with Crippen LogP contribution in [0.2, 0.25) is 0 Å². The third-order valence-corrected chi connectivity index (χ3v) is 5.55. The highest BCUT2D eigenvalue weighted by atomic mass is 32.2. The van der Waals surface area contributed by atoms with Crippen molar-refractivity contribution in [3.63, 3.8) is 0 Å². The second-order valence-electron chi connectivity index (χ2n) is 6.50. The van der Waals surface area contributed by atoms with Crippen LogP contribution >= 0.6 is 11.8 Å². The van der Waals surface area contributed by atoms with Crippen molar-refractivity contribution >= 4 is 23.4 Å². The highest BCUT2D eigenvalue weighted by Gasteiger charge is 2.14. The van der Waals surface area contributed by atoms with Crippen LogP contribution in [-0.4, -0.2) is 26.4 Å². The van der Waals surface area contributed by atoms with E-state index in [2.05, 4.69) is 35.4 Å². The molecular formula is C21H24N4OS. The Hall–Kier alpha value is -2.60. The van der Waals surface area contributed by atoms with Crippen LogP contribution in [-0.2, 0) is 4.79 Å². The Bertz CT molecular complexity index is 922. The zero-order valence-electron chi connectivity index (χ0n) is 15.8. The first-order valence-electron chi connectivity index (χ1n) is 9.07. The van der Waals surface area contributed by atoms with E-state index in [0.29, 0.717) is 11.1 Å². The second-order valence-corrected chi connectivity index (χ2v) is 7.45. The summed E-state index contributed by atoms with van der Waals surface area (Å²) in [4.78, 5) is 12.5. The summed E-state index contributed by atoms with van der Waals surface area (Å²) < 4.78 is 1.92. The van der Waals surface area contributed by atoms with Gasteiger partial charge in [0.1, 0.15) is 6.33 Å². The van der Waals surface area contributed by atoms with Gasteiger partial charge in [0.15, 0.2) is 5.16 Å². The Morgan fingerprint density at radius 1 is 1.19 bits per heavy atom. The van der Waals surface area contributed by atoms with Crippen LogP contribution in [0.5, 0.6) is 0 Å². The molecule has 0 aliphatic rings. The summed E-state index contributed by atoms with van der Waals surface area (Å²) in [6, 6.07) is 16.0. The molecule has 1 N–H and O–H groups in total. The van der Waals surface area contributed by atoms with Crippen molar-refractivity contribution in [2.75, 3.05) is 11.1 Å². The summed E-state index contributed by atoms with van der Waals surface area (Å²) >= 11 is 1.38. The molecule has 1 atom stereocenters. The smallest absolute Gasteiger partial charge is 0.234 e. The first-order valence-corrected chi connectivity index (χ1v) is 10.1. The van der Waals surface area contributed by atoms with Crippen LogP contribution in [0.25, 0.3) is 5.69 Å². The molecule has 3 rings (SSSR count). The molecule has 0 aliphatic carbocycles. The zero-order chi connectivity index (χ0) is 19.2. The van der Waals surface area contributed by atoms with Gasteiger partial charge in [-0.05, 0) is 42.5 Å². The van der Waals surface area contributed by atoms with Crippen LogP contribution < -0.4 is 5.32 Å². The first-order chi connectivity index (χ1) is 13.1. The van der Waals surface area contributed by atoms with Gasteiger partial charge in [0.25, 0.3) is 0 Å². The fourth-order valence-corrected chi connectivity index (χ4v) is 3.62. The lowest BCUT2D eigenvalue weighted by Crippen LogP contribution is -2.16. The van der Waals surface area contributed by atoms with Gasteiger partial charge in [0.2, 0.25) is 5.91 Å². The van der Waals surface area contributed by atoms with Crippen molar-refractivity contribution in [1.29, 1.82) is 0 Å². The Morgan fingerprint density at radius 2 is 1.93 bits per heavy atom. The van der Waals surface area contributed by atoms with Gasteiger partial charge < -0.3 is 5.32 Å². The molecule has 27 heavy (non-hydrogen) atoms. The minimum absolute atomic E-state index is 0.0462. The van der Waals surface area contributed by atoms with E-state index in [1.54, 1.807) is 6.33 Å². The van der Waals surface area contributed by atoms with Gasteiger partial charge in [-0.15, -0.1) is 10.2 Å². The summed E-state index contributed by atoms with van der Waals surface area (Å²) in [5.41, 5.74) is 4.21. The number of benzene rings is 2. The van der Waals surface area contributed by atoms with Crippen LogP contribution in [0.1, 0.15) is 37.3 Å². The van der Waals surface area contributed by atoms with Gasteiger partial charge in [-0.1, -0.05) is 62.0 Å². The SMILES string of the molecule is CC[C@H](C)c1ccccc1NC(=O)CSc1nncn1-c1ccccc1C. The molecule has 0 radical (unpaired) electrons. The van der Waals surface area contributed by atoms with Gasteiger partial charge in [0.05, 0.1) is 11.4 Å². The lowest BCUT2D eigenvalue weighted by atomic mass is 9.97. The maximum Gasteiger partial charge on any atom is 0.234 e. The molecule has 2 aromatic carbocycles. The maximum atomic E-state index is 12.5. The number of carbonyl (C=O) groups excluding carboxylic acids is 1. The Labute approximate surface area is 164 Å². The average molecular weight is 381 g/mol. The fourth-order valence-electron chi connectivity index (χ4n) is 2.90. The number of aromatic nitrogens is 3. The number of hydrogen-bond donors (Lipinski definition) is 1. The van der Waals surface area contributed by atoms with E-state index in [0.717, 1.165) is 23.4 Å². The largest absolute Gasteiger partial charge is 0.325 e. The van der Waals surface area contributed by atoms with Gasteiger partial charge in [-0.2, -0.15) is 0 Å². The van der Waals surface area contributed by atoms with E-state index < -0.39 is 0 Å². The number of amides is 1. The van der Waals surface area contributed by atoms with Crippen molar-refractivity contribution in [2.45, 2.75) is 38.3 Å². The molecule has 0 spiro atoms. The summed E-state index contributed by atoms with van der Waals surface area (Å²) in [6.45, 7) is 6.37. The van der Waals surface area contributed by atoms with Crippen LogP contribution in [0.3, 0.4) is 0 Å². The number of rotatable bonds is 7. The zero-order valence-corrected chi connectivity index (χ0v) is 16.7. The Kier molecular flexibility index (Phi) is 6.29.